The van der Waals surface area contributed by atoms with E-state index in [9.17, 15) is 9.59 Å². The third-order valence-corrected chi connectivity index (χ3v) is 2.68. The van der Waals surface area contributed by atoms with Crippen LogP contribution >= 0.6 is 0 Å². The summed E-state index contributed by atoms with van der Waals surface area (Å²) in [6.07, 6.45) is 0.0873. The maximum Gasteiger partial charge on any atom is 0.407 e. The van der Waals surface area contributed by atoms with Crippen LogP contribution in [0, 0.1) is 0 Å². The molecule has 0 radical (unpaired) electrons. The molecule has 0 aliphatic carbocycles. The van der Waals surface area contributed by atoms with Gasteiger partial charge in [0.25, 0.3) is 0 Å². The van der Waals surface area contributed by atoms with E-state index in [1.54, 1.807) is 27.7 Å². The lowest BCUT2D eigenvalue weighted by molar-refractivity contribution is 0.0497. The van der Waals surface area contributed by atoms with Gasteiger partial charge < -0.3 is 20.5 Å². The SMILES string of the molecule is CCOC(=O)c1nnn(CCCN)c1CNC(=O)OC(C)(C)C. The summed E-state index contributed by atoms with van der Waals surface area (Å²) in [5, 5.41) is 10.4. The van der Waals surface area contributed by atoms with E-state index in [4.69, 9.17) is 15.2 Å². The minimum atomic E-state index is -0.605. The molecular formula is C14H25N5O4. The van der Waals surface area contributed by atoms with E-state index in [1.807, 2.05) is 0 Å². The molecule has 9 nitrogen and oxygen atoms in total. The Bertz CT molecular complexity index is 536. The Morgan fingerprint density at radius 2 is 2.04 bits per heavy atom. The van der Waals surface area contributed by atoms with Crippen molar-refractivity contribution in [3.8, 4) is 0 Å². The van der Waals surface area contributed by atoms with Crippen LogP contribution in [0.3, 0.4) is 0 Å². The summed E-state index contributed by atoms with van der Waals surface area (Å²) < 4.78 is 11.7. The van der Waals surface area contributed by atoms with Gasteiger partial charge in [-0.05, 0) is 40.7 Å². The van der Waals surface area contributed by atoms with Crippen molar-refractivity contribution in [3.05, 3.63) is 11.4 Å². The Kier molecular flexibility index (Phi) is 6.95. The van der Waals surface area contributed by atoms with Crippen molar-refractivity contribution in [2.45, 2.75) is 52.8 Å². The number of aromatic nitrogens is 3. The molecule has 0 aliphatic heterocycles. The third kappa shape index (κ3) is 6.23. The van der Waals surface area contributed by atoms with Crippen LogP contribution in [0.15, 0.2) is 0 Å². The fourth-order valence-electron chi connectivity index (χ4n) is 1.76. The van der Waals surface area contributed by atoms with Gasteiger partial charge in [0.15, 0.2) is 5.69 Å². The fourth-order valence-corrected chi connectivity index (χ4v) is 1.76. The fraction of sp³-hybridized carbons (Fsp3) is 0.714. The van der Waals surface area contributed by atoms with Gasteiger partial charge in [0, 0.05) is 6.54 Å². The highest BCUT2D eigenvalue weighted by atomic mass is 16.6. The van der Waals surface area contributed by atoms with Crippen molar-refractivity contribution in [2.75, 3.05) is 13.2 Å². The molecule has 130 valence electrons. The molecule has 0 fully saturated rings. The maximum atomic E-state index is 11.9. The van der Waals surface area contributed by atoms with Gasteiger partial charge in [0.2, 0.25) is 0 Å². The number of ether oxygens (including phenoxy) is 2. The van der Waals surface area contributed by atoms with E-state index >= 15 is 0 Å². The molecule has 0 bridgehead atoms. The van der Waals surface area contributed by atoms with Crippen molar-refractivity contribution >= 4 is 12.1 Å². The molecular weight excluding hydrogens is 302 g/mol. The normalized spacial score (nSPS) is 11.2. The molecule has 1 amide bonds. The number of nitrogens with zero attached hydrogens (tertiary/aromatic N) is 3. The van der Waals surface area contributed by atoms with Gasteiger partial charge in [-0.15, -0.1) is 5.10 Å². The Balaban J connectivity index is 2.85. The minimum absolute atomic E-state index is 0.0562. The van der Waals surface area contributed by atoms with E-state index in [0.29, 0.717) is 25.2 Å². The van der Waals surface area contributed by atoms with E-state index in [-0.39, 0.29) is 18.8 Å². The summed E-state index contributed by atoms with van der Waals surface area (Å²) >= 11 is 0. The molecule has 23 heavy (non-hydrogen) atoms. The number of rotatable bonds is 7. The predicted molar refractivity (Wildman–Crippen MR) is 82.7 cm³/mol. The molecule has 1 aromatic heterocycles. The van der Waals surface area contributed by atoms with Crippen LogP contribution in [0.2, 0.25) is 0 Å². The number of carbonyl (C=O) groups is 2. The summed E-state index contributed by atoms with van der Waals surface area (Å²) in [7, 11) is 0. The van der Waals surface area contributed by atoms with Crippen LogP contribution in [0.5, 0.6) is 0 Å². The highest BCUT2D eigenvalue weighted by Gasteiger charge is 2.22. The molecule has 1 rings (SSSR count). The molecule has 0 saturated heterocycles. The van der Waals surface area contributed by atoms with Crippen LogP contribution in [-0.2, 0) is 22.6 Å². The summed E-state index contributed by atoms with van der Waals surface area (Å²) in [5.41, 5.74) is 5.43. The van der Waals surface area contributed by atoms with Gasteiger partial charge in [-0.1, -0.05) is 5.21 Å². The molecule has 3 N–H and O–H groups in total. The zero-order valence-corrected chi connectivity index (χ0v) is 14.1. The van der Waals surface area contributed by atoms with Gasteiger partial charge in [0.05, 0.1) is 18.8 Å². The van der Waals surface area contributed by atoms with Crippen LogP contribution < -0.4 is 11.1 Å². The molecule has 0 unspecified atom stereocenters. The summed E-state index contributed by atoms with van der Waals surface area (Å²) in [6, 6.07) is 0. The molecule has 1 heterocycles. The molecule has 0 aliphatic rings. The van der Waals surface area contributed by atoms with Gasteiger partial charge in [-0.3, -0.25) is 0 Å². The number of hydrogen-bond acceptors (Lipinski definition) is 7. The smallest absolute Gasteiger partial charge is 0.407 e. The first kappa shape index (κ1) is 18.9. The highest BCUT2D eigenvalue weighted by molar-refractivity contribution is 5.88. The Hall–Kier alpha value is -2.16. The van der Waals surface area contributed by atoms with Crippen molar-refractivity contribution in [1.29, 1.82) is 0 Å². The lowest BCUT2D eigenvalue weighted by Crippen LogP contribution is -2.33. The topological polar surface area (TPSA) is 121 Å². The minimum Gasteiger partial charge on any atom is -0.461 e. The van der Waals surface area contributed by atoms with Crippen LogP contribution in [0.4, 0.5) is 4.79 Å². The van der Waals surface area contributed by atoms with E-state index in [1.165, 1.54) is 4.68 Å². The van der Waals surface area contributed by atoms with Crippen molar-refractivity contribution < 1.29 is 19.1 Å². The highest BCUT2D eigenvalue weighted by Crippen LogP contribution is 2.10. The standard InChI is InChI=1S/C14H25N5O4/c1-5-22-12(20)11-10(19(18-17-11)8-6-7-15)9-16-13(21)23-14(2,3)4/h5-9,15H2,1-4H3,(H,16,21). The largest absolute Gasteiger partial charge is 0.461 e. The summed E-state index contributed by atoms with van der Waals surface area (Å²) in [5.74, 6) is -0.576. The number of nitrogens with two attached hydrogens (primary N) is 1. The number of esters is 1. The number of alkyl carbamates (subject to hydrolysis) is 1. The molecule has 9 heteroatoms. The molecule has 0 atom stereocenters. The Morgan fingerprint density at radius 1 is 1.35 bits per heavy atom. The quantitative estimate of drug-likeness (QED) is 0.711. The van der Waals surface area contributed by atoms with E-state index in [0.717, 1.165) is 0 Å². The summed E-state index contributed by atoms with van der Waals surface area (Å²) in [6.45, 7) is 8.27. The number of hydrogen-bond donors (Lipinski definition) is 2. The monoisotopic (exact) mass is 327 g/mol. The number of carbonyl (C=O) groups excluding carboxylic acids is 2. The molecule has 1 aromatic rings. The lowest BCUT2D eigenvalue weighted by Gasteiger charge is -2.19. The second kappa shape index (κ2) is 8.47. The number of aryl methyl sites for hydroxylation is 1. The first-order valence-corrected chi connectivity index (χ1v) is 7.55. The predicted octanol–water partition coefficient (Wildman–Crippen LogP) is 0.828. The first-order valence-electron chi connectivity index (χ1n) is 7.55. The van der Waals surface area contributed by atoms with Crippen molar-refractivity contribution in [1.82, 2.24) is 20.3 Å². The van der Waals surface area contributed by atoms with Crippen molar-refractivity contribution in [3.63, 3.8) is 0 Å². The average Bonchev–Trinajstić information content (AvgIpc) is 2.84. The van der Waals surface area contributed by atoms with Crippen LogP contribution in [0.1, 0.15) is 50.3 Å². The zero-order valence-electron chi connectivity index (χ0n) is 14.1. The summed E-state index contributed by atoms with van der Waals surface area (Å²) in [4.78, 5) is 23.7. The third-order valence-electron chi connectivity index (χ3n) is 2.68. The molecule has 0 saturated carbocycles. The first-order chi connectivity index (χ1) is 10.8. The molecule has 0 aromatic carbocycles. The van der Waals surface area contributed by atoms with Crippen molar-refractivity contribution in [2.24, 2.45) is 5.73 Å². The molecule has 0 spiro atoms. The number of amides is 1. The maximum absolute atomic E-state index is 11.9. The zero-order chi connectivity index (χ0) is 17.5. The lowest BCUT2D eigenvalue weighted by atomic mass is 10.2. The van der Waals surface area contributed by atoms with E-state index < -0.39 is 17.7 Å². The van der Waals surface area contributed by atoms with Crippen LogP contribution in [0.25, 0.3) is 0 Å². The van der Waals surface area contributed by atoms with Gasteiger partial charge in [-0.2, -0.15) is 0 Å². The average molecular weight is 327 g/mol. The van der Waals surface area contributed by atoms with Gasteiger partial charge in [-0.25, -0.2) is 14.3 Å². The van der Waals surface area contributed by atoms with Gasteiger partial charge >= 0.3 is 12.1 Å². The van der Waals surface area contributed by atoms with E-state index in [2.05, 4.69) is 15.6 Å². The van der Waals surface area contributed by atoms with Crippen LogP contribution in [-0.4, -0.2) is 45.8 Å². The second-order valence-corrected chi connectivity index (χ2v) is 5.83. The Morgan fingerprint density at radius 3 is 2.61 bits per heavy atom. The Labute approximate surface area is 135 Å². The second-order valence-electron chi connectivity index (χ2n) is 5.83. The van der Waals surface area contributed by atoms with Gasteiger partial charge in [0.1, 0.15) is 5.60 Å². The number of nitrogens with one attached hydrogen (secondary N) is 1.